The van der Waals surface area contributed by atoms with Crippen LogP contribution in [0.3, 0.4) is 0 Å². The van der Waals surface area contributed by atoms with E-state index in [1.54, 1.807) is 0 Å². The van der Waals surface area contributed by atoms with Gasteiger partial charge in [-0.05, 0) is 12.1 Å². The van der Waals surface area contributed by atoms with E-state index in [1.807, 2.05) is 0 Å². The molecule has 2 aromatic rings. The maximum Gasteiger partial charge on any atom is 0.354 e. The van der Waals surface area contributed by atoms with E-state index in [0.717, 1.165) is 13.1 Å². The number of nitro groups is 1. The van der Waals surface area contributed by atoms with Crippen molar-refractivity contribution in [1.82, 2.24) is 25.3 Å². The molecule has 0 atom stereocenters. The highest BCUT2D eigenvalue weighted by Crippen LogP contribution is 2.28. The summed E-state index contributed by atoms with van der Waals surface area (Å²) in [5.74, 6) is -0.512. The lowest BCUT2D eigenvalue weighted by Crippen LogP contribution is -2.39. The first-order valence-electron chi connectivity index (χ1n) is 8.65. The molecule has 3 heterocycles. The number of hydrogen-bond acceptors (Lipinski definition) is 10. The van der Waals surface area contributed by atoms with Crippen molar-refractivity contribution in [2.24, 2.45) is 0 Å². The van der Waals surface area contributed by atoms with Gasteiger partial charge in [0.25, 0.3) is 5.91 Å². The van der Waals surface area contributed by atoms with Gasteiger partial charge >= 0.3 is 5.69 Å². The molecule has 0 aliphatic carbocycles. The fourth-order valence-electron chi connectivity index (χ4n) is 2.62. The topological polar surface area (TPSA) is 147 Å². The van der Waals surface area contributed by atoms with Gasteiger partial charge in [0, 0.05) is 44.1 Å². The smallest absolute Gasteiger partial charge is 0.354 e. The standard InChI is InChI=1S/C16H20N8O4/c25-16(12-1-3-17-4-2-12)22-21-15-13(24(26)27)14(19-11-20-15)18-5-6-23-7-9-28-10-8-23/h1-4,11H,5-10H2,(H,22,25)(H2,18,19,20,21). The molecular weight excluding hydrogens is 368 g/mol. The molecule has 28 heavy (non-hydrogen) atoms. The predicted molar refractivity (Wildman–Crippen MR) is 99.8 cm³/mol. The molecule has 0 saturated carbocycles. The normalized spacial score (nSPS) is 14.3. The largest absolute Gasteiger partial charge is 0.379 e. The molecule has 12 heteroatoms. The number of hydrogen-bond donors (Lipinski definition) is 3. The first kappa shape index (κ1) is 19.4. The summed E-state index contributed by atoms with van der Waals surface area (Å²) in [5, 5.41) is 14.5. The number of carbonyl (C=O) groups excluding carboxylic acids is 1. The summed E-state index contributed by atoms with van der Waals surface area (Å²) in [6.45, 7) is 4.17. The molecule has 1 fully saturated rings. The second-order valence-electron chi connectivity index (χ2n) is 5.87. The summed E-state index contributed by atoms with van der Waals surface area (Å²) in [4.78, 5) is 36.9. The number of anilines is 2. The molecule has 0 bridgehead atoms. The lowest BCUT2D eigenvalue weighted by molar-refractivity contribution is -0.383. The number of ether oxygens (including phenoxy) is 1. The van der Waals surface area contributed by atoms with E-state index < -0.39 is 10.8 Å². The van der Waals surface area contributed by atoms with Gasteiger partial charge in [0.1, 0.15) is 6.33 Å². The van der Waals surface area contributed by atoms with Crippen molar-refractivity contribution in [3.63, 3.8) is 0 Å². The number of rotatable bonds is 8. The summed E-state index contributed by atoms with van der Waals surface area (Å²) in [6.07, 6.45) is 4.13. The third kappa shape index (κ3) is 5.08. The van der Waals surface area contributed by atoms with E-state index in [-0.39, 0.29) is 17.3 Å². The second kappa shape index (κ2) is 9.53. The van der Waals surface area contributed by atoms with E-state index in [2.05, 4.69) is 36.0 Å². The third-order valence-electron chi connectivity index (χ3n) is 4.07. The third-order valence-corrected chi connectivity index (χ3v) is 4.07. The molecule has 12 nitrogen and oxygen atoms in total. The number of hydrazine groups is 1. The van der Waals surface area contributed by atoms with Crippen LogP contribution in [0.5, 0.6) is 0 Å². The lowest BCUT2D eigenvalue weighted by Gasteiger charge is -2.26. The van der Waals surface area contributed by atoms with Crippen molar-refractivity contribution in [3.8, 4) is 0 Å². The summed E-state index contributed by atoms with van der Waals surface area (Å²) in [5.41, 5.74) is 4.88. The zero-order valence-electron chi connectivity index (χ0n) is 15.0. The van der Waals surface area contributed by atoms with Crippen LogP contribution in [0.15, 0.2) is 30.9 Å². The summed E-state index contributed by atoms with van der Waals surface area (Å²) in [6, 6.07) is 3.04. The molecule has 1 aliphatic rings. The van der Waals surface area contributed by atoms with E-state index in [9.17, 15) is 14.9 Å². The maximum atomic E-state index is 12.1. The number of nitrogens with one attached hydrogen (secondary N) is 3. The van der Waals surface area contributed by atoms with Crippen molar-refractivity contribution in [2.45, 2.75) is 0 Å². The first-order chi connectivity index (χ1) is 13.6. The SMILES string of the molecule is O=C(NNc1ncnc(NCCN2CCOCC2)c1[N+](=O)[O-])c1ccncc1. The minimum Gasteiger partial charge on any atom is -0.379 e. The molecule has 2 aromatic heterocycles. The Morgan fingerprint density at radius 1 is 1.21 bits per heavy atom. The van der Waals surface area contributed by atoms with Gasteiger partial charge in [0.15, 0.2) is 0 Å². The summed E-state index contributed by atoms with van der Waals surface area (Å²) < 4.78 is 5.29. The number of aromatic nitrogens is 3. The van der Waals surface area contributed by atoms with Crippen molar-refractivity contribution in [2.75, 3.05) is 50.1 Å². The van der Waals surface area contributed by atoms with Gasteiger partial charge in [0.05, 0.1) is 18.1 Å². The Bertz CT molecular complexity index is 814. The van der Waals surface area contributed by atoms with E-state index in [0.29, 0.717) is 31.9 Å². The molecule has 0 spiro atoms. The number of nitrogens with zero attached hydrogens (tertiary/aromatic N) is 5. The predicted octanol–water partition coefficient (Wildman–Crippen LogP) is 0.281. The van der Waals surface area contributed by atoms with Crippen LogP contribution in [0.2, 0.25) is 0 Å². The Hall–Kier alpha value is -3.38. The first-order valence-corrected chi connectivity index (χ1v) is 8.65. The highest BCUT2D eigenvalue weighted by atomic mass is 16.6. The molecular formula is C16H20N8O4. The van der Waals surface area contributed by atoms with Gasteiger partial charge in [-0.3, -0.25) is 35.6 Å². The fourth-order valence-corrected chi connectivity index (χ4v) is 2.62. The van der Waals surface area contributed by atoms with Crippen molar-refractivity contribution in [3.05, 3.63) is 46.5 Å². The minimum absolute atomic E-state index is 0.0777. The minimum atomic E-state index is -0.599. The molecule has 0 aromatic carbocycles. The Labute approximate surface area is 160 Å². The Balaban J connectivity index is 1.63. The van der Waals surface area contributed by atoms with Crippen molar-refractivity contribution in [1.29, 1.82) is 0 Å². The molecule has 1 saturated heterocycles. The number of amides is 1. The number of carbonyl (C=O) groups is 1. The van der Waals surface area contributed by atoms with E-state index >= 15 is 0 Å². The molecule has 0 radical (unpaired) electrons. The van der Waals surface area contributed by atoms with Crippen LogP contribution in [0.25, 0.3) is 0 Å². The zero-order chi connectivity index (χ0) is 19.8. The lowest BCUT2D eigenvalue weighted by atomic mass is 10.3. The average molecular weight is 388 g/mol. The van der Waals surface area contributed by atoms with Crippen molar-refractivity contribution < 1.29 is 14.5 Å². The van der Waals surface area contributed by atoms with Gasteiger partial charge in [0.2, 0.25) is 11.6 Å². The molecule has 3 rings (SSSR count). The van der Waals surface area contributed by atoms with Crippen LogP contribution in [0.1, 0.15) is 10.4 Å². The Morgan fingerprint density at radius 3 is 2.64 bits per heavy atom. The zero-order valence-corrected chi connectivity index (χ0v) is 15.0. The van der Waals surface area contributed by atoms with Crippen LogP contribution in [0, 0.1) is 10.1 Å². The van der Waals surface area contributed by atoms with Crippen LogP contribution >= 0.6 is 0 Å². The maximum absolute atomic E-state index is 12.1. The molecule has 148 valence electrons. The fraction of sp³-hybridized carbons (Fsp3) is 0.375. The molecule has 3 N–H and O–H groups in total. The molecule has 1 amide bonds. The van der Waals surface area contributed by atoms with Crippen LogP contribution in [0.4, 0.5) is 17.3 Å². The number of morpholine rings is 1. The summed E-state index contributed by atoms with van der Waals surface area (Å²) >= 11 is 0. The average Bonchev–Trinajstić information content (AvgIpc) is 2.73. The highest BCUT2D eigenvalue weighted by molar-refractivity contribution is 5.94. The van der Waals surface area contributed by atoms with Gasteiger partial charge < -0.3 is 10.1 Å². The monoisotopic (exact) mass is 388 g/mol. The van der Waals surface area contributed by atoms with Gasteiger partial charge in [-0.15, -0.1) is 0 Å². The number of pyridine rings is 1. The quantitative estimate of drug-likeness (QED) is 0.425. The van der Waals surface area contributed by atoms with Crippen LogP contribution in [-0.4, -0.2) is 70.1 Å². The Morgan fingerprint density at radius 2 is 1.93 bits per heavy atom. The highest BCUT2D eigenvalue weighted by Gasteiger charge is 2.23. The molecule has 0 unspecified atom stereocenters. The van der Waals surface area contributed by atoms with Crippen molar-refractivity contribution >= 4 is 23.2 Å². The van der Waals surface area contributed by atoms with Crippen LogP contribution < -0.4 is 16.2 Å². The van der Waals surface area contributed by atoms with Crippen LogP contribution in [-0.2, 0) is 4.74 Å². The van der Waals surface area contributed by atoms with Gasteiger partial charge in [-0.25, -0.2) is 9.97 Å². The molecule has 1 aliphatic heterocycles. The summed E-state index contributed by atoms with van der Waals surface area (Å²) in [7, 11) is 0. The van der Waals surface area contributed by atoms with Gasteiger partial charge in [-0.2, -0.15) is 0 Å². The second-order valence-corrected chi connectivity index (χ2v) is 5.87. The van der Waals surface area contributed by atoms with Gasteiger partial charge in [-0.1, -0.05) is 0 Å². The van der Waals surface area contributed by atoms with E-state index in [1.165, 1.54) is 30.9 Å². The Kier molecular flexibility index (Phi) is 6.59. The van der Waals surface area contributed by atoms with E-state index in [4.69, 9.17) is 4.74 Å².